The number of piperazine rings is 1. The number of hydrogen-bond donors (Lipinski definition) is 2. The van der Waals surface area contributed by atoms with Crippen molar-refractivity contribution in [3.63, 3.8) is 0 Å². The first kappa shape index (κ1) is 16.5. The van der Waals surface area contributed by atoms with E-state index in [-0.39, 0.29) is 5.91 Å². The quantitative estimate of drug-likeness (QED) is 0.882. The number of amides is 1. The molecule has 2 aromatic rings. The van der Waals surface area contributed by atoms with Crippen LogP contribution < -0.4 is 15.1 Å². The van der Waals surface area contributed by atoms with Gasteiger partial charge in [-0.15, -0.1) is 0 Å². The van der Waals surface area contributed by atoms with E-state index in [2.05, 4.69) is 52.7 Å². The largest absolute Gasteiger partial charge is 0.360 e. The summed E-state index contributed by atoms with van der Waals surface area (Å²) in [5.41, 5.74) is 3.53. The Labute approximate surface area is 144 Å². The van der Waals surface area contributed by atoms with Gasteiger partial charge in [0.05, 0.1) is 26.2 Å². The molecule has 0 aliphatic carbocycles. The van der Waals surface area contributed by atoms with Crippen molar-refractivity contribution < 1.29 is 9.69 Å². The van der Waals surface area contributed by atoms with Gasteiger partial charge in [-0.3, -0.25) is 4.79 Å². The number of rotatable bonds is 5. The maximum absolute atomic E-state index is 11.4. The molecule has 0 saturated carbocycles. The molecule has 24 heavy (non-hydrogen) atoms. The van der Waals surface area contributed by atoms with Crippen LogP contribution in [0.25, 0.3) is 0 Å². The van der Waals surface area contributed by atoms with Crippen LogP contribution in [0, 0.1) is 0 Å². The molecule has 0 aromatic heterocycles. The Morgan fingerprint density at radius 1 is 1.04 bits per heavy atom. The first-order valence-corrected chi connectivity index (χ1v) is 8.77. The third kappa shape index (κ3) is 4.36. The van der Waals surface area contributed by atoms with Crippen LogP contribution >= 0.6 is 0 Å². The molecular weight excluding hydrogens is 298 g/mol. The normalized spacial score (nSPS) is 15.3. The molecular formula is C20H26N3O+. The molecule has 4 heteroatoms. The second kappa shape index (κ2) is 7.97. The fraction of sp³-hybridized carbons (Fsp3) is 0.350. The lowest BCUT2D eigenvalue weighted by molar-refractivity contribution is -0.914. The van der Waals surface area contributed by atoms with Crippen LogP contribution in [0.15, 0.2) is 54.6 Å². The molecule has 0 bridgehead atoms. The Hall–Kier alpha value is -2.33. The van der Waals surface area contributed by atoms with Crippen LogP contribution in [0.3, 0.4) is 0 Å². The molecule has 0 radical (unpaired) electrons. The van der Waals surface area contributed by atoms with Crippen LogP contribution in [-0.2, 0) is 11.3 Å². The number of anilines is 2. The van der Waals surface area contributed by atoms with Crippen molar-refractivity contribution >= 4 is 17.3 Å². The number of quaternary nitrogens is 1. The average Bonchev–Trinajstić information content (AvgIpc) is 2.64. The first-order chi connectivity index (χ1) is 11.7. The van der Waals surface area contributed by atoms with E-state index in [0.29, 0.717) is 6.42 Å². The van der Waals surface area contributed by atoms with Crippen LogP contribution in [0.4, 0.5) is 11.4 Å². The summed E-state index contributed by atoms with van der Waals surface area (Å²) in [4.78, 5) is 15.5. The second-order valence-electron chi connectivity index (χ2n) is 6.35. The molecule has 1 aliphatic rings. The highest BCUT2D eigenvalue weighted by Crippen LogP contribution is 2.18. The smallest absolute Gasteiger partial charge is 0.224 e. The zero-order valence-electron chi connectivity index (χ0n) is 14.3. The van der Waals surface area contributed by atoms with Crippen molar-refractivity contribution in [3.05, 3.63) is 60.2 Å². The van der Waals surface area contributed by atoms with Gasteiger partial charge >= 0.3 is 0 Å². The van der Waals surface area contributed by atoms with E-state index < -0.39 is 0 Å². The minimum absolute atomic E-state index is 0.0564. The molecule has 1 heterocycles. The van der Waals surface area contributed by atoms with E-state index in [0.717, 1.165) is 38.4 Å². The Morgan fingerprint density at radius 2 is 1.71 bits per heavy atom. The van der Waals surface area contributed by atoms with Crippen molar-refractivity contribution in [2.45, 2.75) is 19.9 Å². The highest BCUT2D eigenvalue weighted by Gasteiger charge is 2.20. The molecule has 1 saturated heterocycles. The summed E-state index contributed by atoms with van der Waals surface area (Å²) >= 11 is 0. The van der Waals surface area contributed by atoms with Crippen molar-refractivity contribution in [1.82, 2.24) is 0 Å². The van der Waals surface area contributed by atoms with Gasteiger partial charge in [-0.2, -0.15) is 0 Å². The minimum atomic E-state index is 0.0564. The van der Waals surface area contributed by atoms with Gasteiger partial charge in [0.15, 0.2) is 0 Å². The van der Waals surface area contributed by atoms with Gasteiger partial charge < -0.3 is 15.1 Å². The zero-order chi connectivity index (χ0) is 16.8. The minimum Gasteiger partial charge on any atom is -0.360 e. The van der Waals surface area contributed by atoms with Gasteiger partial charge in [0, 0.05) is 23.4 Å². The number of nitrogens with one attached hydrogen (secondary N) is 2. The lowest BCUT2D eigenvalue weighted by Gasteiger charge is -2.33. The lowest BCUT2D eigenvalue weighted by atomic mass is 10.2. The van der Waals surface area contributed by atoms with E-state index in [9.17, 15) is 4.79 Å². The molecule has 3 rings (SSSR count). The maximum atomic E-state index is 11.4. The zero-order valence-corrected chi connectivity index (χ0v) is 14.3. The van der Waals surface area contributed by atoms with Gasteiger partial charge in [0.1, 0.15) is 6.54 Å². The highest BCUT2D eigenvalue weighted by molar-refractivity contribution is 5.90. The Balaban J connectivity index is 1.52. The van der Waals surface area contributed by atoms with Crippen molar-refractivity contribution in [1.29, 1.82) is 0 Å². The predicted octanol–water partition coefficient (Wildman–Crippen LogP) is 1.94. The Bertz CT molecular complexity index is 646. The molecule has 0 atom stereocenters. The number of carbonyl (C=O) groups is 1. The number of nitrogens with zero attached hydrogens (tertiary/aromatic N) is 1. The van der Waals surface area contributed by atoms with Crippen molar-refractivity contribution in [2.75, 3.05) is 36.4 Å². The molecule has 4 nitrogen and oxygen atoms in total. The first-order valence-electron chi connectivity index (χ1n) is 8.77. The Kier molecular flexibility index (Phi) is 5.49. The second-order valence-corrected chi connectivity index (χ2v) is 6.35. The van der Waals surface area contributed by atoms with Gasteiger partial charge in [-0.1, -0.05) is 37.3 Å². The van der Waals surface area contributed by atoms with Crippen LogP contribution in [0.2, 0.25) is 0 Å². The summed E-state index contributed by atoms with van der Waals surface area (Å²) in [6, 6.07) is 18.9. The highest BCUT2D eigenvalue weighted by atomic mass is 16.1. The standard InChI is InChI=1S/C20H25N3O/c1-2-20(24)21-18-8-10-19(11-9-18)23-14-12-22(13-15-23)16-17-6-4-3-5-7-17/h3-11H,2,12-16H2,1H3,(H,21,24)/p+1. The lowest BCUT2D eigenvalue weighted by Crippen LogP contribution is -3.13. The van der Waals surface area contributed by atoms with E-state index >= 15 is 0 Å². The molecule has 1 amide bonds. The summed E-state index contributed by atoms with van der Waals surface area (Å²) in [6.07, 6.45) is 0.508. The predicted molar refractivity (Wildman–Crippen MR) is 98.4 cm³/mol. The summed E-state index contributed by atoms with van der Waals surface area (Å²) in [5, 5.41) is 2.89. The third-order valence-electron chi connectivity index (χ3n) is 4.60. The Morgan fingerprint density at radius 3 is 2.33 bits per heavy atom. The molecule has 0 spiro atoms. The summed E-state index contributed by atoms with van der Waals surface area (Å²) in [7, 11) is 0. The fourth-order valence-corrected chi connectivity index (χ4v) is 3.15. The number of hydrogen-bond acceptors (Lipinski definition) is 2. The topological polar surface area (TPSA) is 36.8 Å². The molecule has 1 aliphatic heterocycles. The SMILES string of the molecule is CCC(=O)Nc1ccc(N2CC[NH+](Cc3ccccc3)CC2)cc1. The van der Waals surface area contributed by atoms with Crippen LogP contribution in [0.1, 0.15) is 18.9 Å². The van der Waals surface area contributed by atoms with Gasteiger partial charge in [-0.25, -0.2) is 0 Å². The monoisotopic (exact) mass is 324 g/mol. The summed E-state index contributed by atoms with van der Waals surface area (Å²) in [5.74, 6) is 0.0564. The average molecular weight is 324 g/mol. The molecule has 1 fully saturated rings. The molecule has 126 valence electrons. The van der Waals surface area contributed by atoms with E-state index in [1.807, 2.05) is 19.1 Å². The van der Waals surface area contributed by atoms with Gasteiger partial charge in [-0.05, 0) is 24.3 Å². The number of benzene rings is 2. The maximum Gasteiger partial charge on any atom is 0.224 e. The molecule has 2 N–H and O–H groups in total. The van der Waals surface area contributed by atoms with Crippen molar-refractivity contribution in [3.8, 4) is 0 Å². The third-order valence-corrected chi connectivity index (χ3v) is 4.60. The van der Waals surface area contributed by atoms with E-state index in [4.69, 9.17) is 0 Å². The van der Waals surface area contributed by atoms with Gasteiger partial charge in [0.25, 0.3) is 0 Å². The summed E-state index contributed by atoms with van der Waals surface area (Å²) in [6.45, 7) is 7.43. The fourth-order valence-electron chi connectivity index (χ4n) is 3.15. The number of carbonyl (C=O) groups excluding carboxylic acids is 1. The summed E-state index contributed by atoms with van der Waals surface area (Å²) < 4.78 is 0. The van der Waals surface area contributed by atoms with Crippen LogP contribution in [0.5, 0.6) is 0 Å². The van der Waals surface area contributed by atoms with E-state index in [1.54, 1.807) is 4.90 Å². The van der Waals surface area contributed by atoms with Crippen molar-refractivity contribution in [2.24, 2.45) is 0 Å². The molecule has 0 unspecified atom stereocenters. The van der Waals surface area contributed by atoms with Crippen LogP contribution in [-0.4, -0.2) is 32.1 Å². The molecule has 2 aromatic carbocycles. The van der Waals surface area contributed by atoms with Gasteiger partial charge in [0.2, 0.25) is 5.91 Å². The van der Waals surface area contributed by atoms with E-state index in [1.165, 1.54) is 11.3 Å².